The summed E-state index contributed by atoms with van der Waals surface area (Å²) in [5, 5.41) is 3.69. The van der Waals surface area contributed by atoms with Gasteiger partial charge in [-0.1, -0.05) is 65.2 Å². The summed E-state index contributed by atoms with van der Waals surface area (Å²) in [4.78, 5) is 0. The maximum absolute atomic E-state index is 6.08. The van der Waals surface area contributed by atoms with E-state index >= 15 is 0 Å². The fraction of sp³-hybridized carbons (Fsp3) is 1.00. The van der Waals surface area contributed by atoms with Gasteiger partial charge in [-0.3, -0.25) is 0 Å². The van der Waals surface area contributed by atoms with Gasteiger partial charge in [0.2, 0.25) is 0 Å². The van der Waals surface area contributed by atoms with E-state index in [9.17, 15) is 0 Å². The lowest BCUT2D eigenvalue weighted by Gasteiger charge is -2.31. The lowest BCUT2D eigenvalue weighted by atomic mass is 9.80. The summed E-state index contributed by atoms with van der Waals surface area (Å²) in [5.74, 6) is 0.868. The van der Waals surface area contributed by atoms with Gasteiger partial charge in [0.25, 0.3) is 0 Å². The molecule has 1 aliphatic rings. The molecule has 0 unspecified atom stereocenters. The van der Waals surface area contributed by atoms with Crippen LogP contribution in [0.15, 0.2) is 0 Å². The topological polar surface area (TPSA) is 38.0 Å². The van der Waals surface area contributed by atoms with E-state index in [2.05, 4.69) is 19.2 Å². The van der Waals surface area contributed by atoms with E-state index in [-0.39, 0.29) is 0 Å². The van der Waals surface area contributed by atoms with Crippen LogP contribution < -0.4 is 11.1 Å². The quantitative estimate of drug-likeness (QED) is 0.458. The summed E-state index contributed by atoms with van der Waals surface area (Å²) in [6, 6.07) is 0. The molecular formula is C18H38N2. The Balaban J connectivity index is 2.03. The van der Waals surface area contributed by atoms with E-state index in [4.69, 9.17) is 5.73 Å². The van der Waals surface area contributed by atoms with E-state index in [1.807, 2.05) is 0 Å². The van der Waals surface area contributed by atoms with Gasteiger partial charge in [-0.25, -0.2) is 0 Å². The molecule has 1 rings (SSSR count). The second-order valence-corrected chi connectivity index (χ2v) is 7.39. The van der Waals surface area contributed by atoms with Gasteiger partial charge in [0, 0.05) is 6.54 Å². The average Bonchev–Trinajstić information content (AvgIpc) is 2.67. The summed E-state index contributed by atoms with van der Waals surface area (Å²) in [6.45, 7) is 7.84. The van der Waals surface area contributed by atoms with Crippen LogP contribution in [0.3, 0.4) is 0 Å². The molecular weight excluding hydrogens is 244 g/mol. The van der Waals surface area contributed by atoms with Gasteiger partial charge in [0.15, 0.2) is 0 Å². The Kier molecular flexibility index (Phi) is 9.54. The third-order valence-electron chi connectivity index (χ3n) is 4.98. The Morgan fingerprint density at radius 3 is 2.20 bits per heavy atom. The van der Waals surface area contributed by atoms with Crippen molar-refractivity contribution in [1.29, 1.82) is 0 Å². The Bertz CT molecular complexity index is 217. The van der Waals surface area contributed by atoms with Gasteiger partial charge in [-0.2, -0.15) is 0 Å². The first kappa shape index (κ1) is 18.0. The molecule has 2 nitrogen and oxygen atoms in total. The van der Waals surface area contributed by atoms with Gasteiger partial charge >= 0.3 is 0 Å². The highest BCUT2D eigenvalue weighted by Gasteiger charge is 2.28. The van der Waals surface area contributed by atoms with Crippen LogP contribution in [0.25, 0.3) is 0 Å². The number of hydrogen-bond donors (Lipinski definition) is 2. The van der Waals surface area contributed by atoms with Crippen molar-refractivity contribution >= 4 is 0 Å². The molecule has 1 saturated carbocycles. The Morgan fingerprint density at radius 2 is 1.60 bits per heavy atom. The molecule has 20 heavy (non-hydrogen) atoms. The second-order valence-electron chi connectivity index (χ2n) is 7.39. The van der Waals surface area contributed by atoms with Gasteiger partial charge in [0.1, 0.15) is 0 Å². The first-order valence-electron chi connectivity index (χ1n) is 9.09. The third-order valence-corrected chi connectivity index (χ3v) is 4.98. The summed E-state index contributed by atoms with van der Waals surface area (Å²) >= 11 is 0. The lowest BCUT2D eigenvalue weighted by molar-refractivity contribution is 0.242. The molecule has 0 atom stereocenters. The van der Waals surface area contributed by atoms with Crippen molar-refractivity contribution in [3.05, 3.63) is 0 Å². The maximum Gasteiger partial charge on any atom is 0.00199 e. The number of hydrogen-bond acceptors (Lipinski definition) is 2. The molecule has 1 fully saturated rings. The van der Waals surface area contributed by atoms with Crippen molar-refractivity contribution in [2.75, 3.05) is 19.6 Å². The highest BCUT2D eigenvalue weighted by molar-refractivity contribution is 4.84. The van der Waals surface area contributed by atoms with Crippen LogP contribution in [0.4, 0.5) is 0 Å². The van der Waals surface area contributed by atoms with Crippen LogP contribution >= 0.6 is 0 Å². The molecule has 0 amide bonds. The van der Waals surface area contributed by atoms with Crippen LogP contribution in [-0.2, 0) is 0 Å². The average molecular weight is 283 g/mol. The molecule has 0 aromatic rings. The third kappa shape index (κ3) is 7.64. The fourth-order valence-corrected chi connectivity index (χ4v) is 3.44. The summed E-state index contributed by atoms with van der Waals surface area (Å²) < 4.78 is 0. The van der Waals surface area contributed by atoms with E-state index in [1.54, 1.807) is 0 Å². The normalized spacial score (nSPS) is 19.2. The van der Waals surface area contributed by atoms with Gasteiger partial charge in [-0.05, 0) is 43.7 Å². The summed E-state index contributed by atoms with van der Waals surface area (Å²) in [5.41, 5.74) is 6.49. The Hall–Kier alpha value is -0.0800. The van der Waals surface area contributed by atoms with Crippen LogP contribution in [0.1, 0.15) is 84.5 Å². The number of unbranched alkanes of at least 4 members (excludes halogenated alkanes) is 3. The molecule has 120 valence electrons. The van der Waals surface area contributed by atoms with Crippen LogP contribution in [-0.4, -0.2) is 19.6 Å². The van der Waals surface area contributed by atoms with Gasteiger partial charge in [0.05, 0.1) is 0 Å². The minimum absolute atomic E-state index is 0.411. The molecule has 0 aromatic carbocycles. The summed E-state index contributed by atoms with van der Waals surface area (Å²) in [6.07, 6.45) is 15.2. The van der Waals surface area contributed by atoms with Crippen molar-refractivity contribution < 1.29 is 0 Å². The predicted molar refractivity (Wildman–Crippen MR) is 90.0 cm³/mol. The van der Waals surface area contributed by atoms with Crippen LogP contribution in [0.5, 0.6) is 0 Å². The zero-order valence-electron chi connectivity index (χ0n) is 14.1. The van der Waals surface area contributed by atoms with E-state index in [0.717, 1.165) is 19.0 Å². The summed E-state index contributed by atoms with van der Waals surface area (Å²) in [7, 11) is 0. The highest BCUT2D eigenvalue weighted by Crippen LogP contribution is 2.33. The number of nitrogens with two attached hydrogens (primary N) is 1. The standard InChI is InChI=1S/C18H38N2/c1-17(2)11-7-3-6-10-14-20-16-18(15-19)12-8-4-5-9-13-18/h17,20H,3-16,19H2,1-2H3. The predicted octanol–water partition coefficient (Wildman–Crippen LogP) is 4.48. The number of nitrogens with one attached hydrogen (secondary N) is 1. The highest BCUT2D eigenvalue weighted by atomic mass is 14.9. The zero-order chi connectivity index (χ0) is 14.7. The van der Waals surface area contributed by atoms with Gasteiger partial charge in [-0.15, -0.1) is 0 Å². The first-order valence-corrected chi connectivity index (χ1v) is 9.09. The smallest absolute Gasteiger partial charge is 0.00199 e. The molecule has 0 bridgehead atoms. The van der Waals surface area contributed by atoms with Crippen molar-refractivity contribution in [2.45, 2.75) is 84.5 Å². The Labute approximate surface area is 127 Å². The molecule has 3 N–H and O–H groups in total. The van der Waals surface area contributed by atoms with Crippen molar-refractivity contribution in [1.82, 2.24) is 5.32 Å². The molecule has 0 aromatic heterocycles. The molecule has 0 spiro atoms. The molecule has 0 heterocycles. The van der Waals surface area contributed by atoms with E-state index in [0.29, 0.717) is 5.41 Å². The minimum atomic E-state index is 0.411. The van der Waals surface area contributed by atoms with E-state index < -0.39 is 0 Å². The lowest BCUT2D eigenvalue weighted by Crippen LogP contribution is -2.40. The molecule has 1 aliphatic carbocycles. The Morgan fingerprint density at radius 1 is 0.950 bits per heavy atom. The van der Waals surface area contributed by atoms with Crippen LogP contribution in [0.2, 0.25) is 0 Å². The number of rotatable bonds is 10. The van der Waals surface area contributed by atoms with Gasteiger partial charge < -0.3 is 11.1 Å². The zero-order valence-corrected chi connectivity index (χ0v) is 14.1. The van der Waals surface area contributed by atoms with E-state index in [1.165, 1.54) is 77.2 Å². The van der Waals surface area contributed by atoms with Crippen molar-refractivity contribution in [2.24, 2.45) is 17.1 Å². The minimum Gasteiger partial charge on any atom is -0.330 e. The largest absolute Gasteiger partial charge is 0.330 e. The van der Waals surface area contributed by atoms with Crippen molar-refractivity contribution in [3.63, 3.8) is 0 Å². The molecule has 0 radical (unpaired) electrons. The van der Waals surface area contributed by atoms with Crippen LogP contribution in [0, 0.1) is 11.3 Å². The molecule has 0 aliphatic heterocycles. The van der Waals surface area contributed by atoms with Crippen molar-refractivity contribution in [3.8, 4) is 0 Å². The second kappa shape index (κ2) is 10.6. The monoisotopic (exact) mass is 282 g/mol. The maximum atomic E-state index is 6.08. The fourth-order valence-electron chi connectivity index (χ4n) is 3.44. The molecule has 2 heteroatoms. The molecule has 0 saturated heterocycles. The SMILES string of the molecule is CC(C)CCCCCCNCC1(CN)CCCCCC1. The first-order chi connectivity index (χ1) is 9.68.